The summed E-state index contributed by atoms with van der Waals surface area (Å²) < 4.78 is 0. The molecule has 5 nitrogen and oxygen atoms in total. The van der Waals surface area contributed by atoms with Gasteiger partial charge in [0.1, 0.15) is 5.82 Å². The number of rotatable bonds is 8. The van der Waals surface area contributed by atoms with E-state index in [4.69, 9.17) is 0 Å². The van der Waals surface area contributed by atoms with E-state index in [9.17, 15) is 4.79 Å². The predicted octanol–water partition coefficient (Wildman–Crippen LogP) is 5.95. The highest BCUT2D eigenvalue weighted by molar-refractivity contribution is 5.94. The zero-order valence-corrected chi connectivity index (χ0v) is 19.0. The van der Waals surface area contributed by atoms with Crippen LogP contribution in [-0.4, -0.2) is 21.9 Å². The second kappa shape index (κ2) is 10.6. The van der Waals surface area contributed by atoms with Crippen LogP contribution < -0.4 is 10.6 Å². The second-order valence-corrected chi connectivity index (χ2v) is 8.23. The number of benzene rings is 3. The standard InChI is InChI=1S/C28H28N4O/c1-20-8-12-23(13-9-20)27-29-19-18-26(32-27)31-25-16-14-24(15-17-25)28(33)30-21(2)10-11-22-6-4-3-5-7-22/h3-9,12-19,21H,10-11H2,1-2H3,(H,30,33)(H,29,31,32)/t21-/m0/s1. The Hall–Kier alpha value is -3.99. The third kappa shape index (κ3) is 6.26. The average molecular weight is 437 g/mol. The molecule has 0 spiro atoms. The van der Waals surface area contributed by atoms with Crippen LogP contribution in [0, 0.1) is 6.92 Å². The smallest absolute Gasteiger partial charge is 0.251 e. The van der Waals surface area contributed by atoms with E-state index >= 15 is 0 Å². The summed E-state index contributed by atoms with van der Waals surface area (Å²) in [5.74, 6) is 1.30. The summed E-state index contributed by atoms with van der Waals surface area (Å²) in [4.78, 5) is 21.6. The fourth-order valence-corrected chi connectivity index (χ4v) is 3.53. The Labute approximate surface area is 194 Å². The number of amides is 1. The van der Waals surface area contributed by atoms with Crippen LogP contribution in [-0.2, 0) is 6.42 Å². The third-order valence-electron chi connectivity index (χ3n) is 5.47. The summed E-state index contributed by atoms with van der Waals surface area (Å²) in [7, 11) is 0. The van der Waals surface area contributed by atoms with Crippen LogP contribution in [0.4, 0.5) is 11.5 Å². The number of hydrogen-bond acceptors (Lipinski definition) is 4. The molecule has 2 N–H and O–H groups in total. The molecule has 3 aromatic carbocycles. The van der Waals surface area contributed by atoms with Crippen molar-refractivity contribution in [3.8, 4) is 11.4 Å². The molecule has 0 aliphatic rings. The van der Waals surface area contributed by atoms with Crippen molar-refractivity contribution in [1.29, 1.82) is 0 Å². The SMILES string of the molecule is Cc1ccc(-c2nccc(Nc3ccc(C(=O)N[C@@H](C)CCc4ccccc4)cc3)n2)cc1. The second-order valence-electron chi connectivity index (χ2n) is 8.23. The molecule has 1 atom stereocenters. The molecule has 0 aliphatic heterocycles. The van der Waals surface area contributed by atoms with Gasteiger partial charge >= 0.3 is 0 Å². The van der Waals surface area contributed by atoms with E-state index in [0.29, 0.717) is 17.2 Å². The van der Waals surface area contributed by atoms with Crippen molar-refractivity contribution in [3.05, 3.63) is 108 Å². The first-order valence-electron chi connectivity index (χ1n) is 11.2. The van der Waals surface area contributed by atoms with Crippen LogP contribution in [0.3, 0.4) is 0 Å². The highest BCUT2D eigenvalue weighted by atomic mass is 16.1. The van der Waals surface area contributed by atoms with Gasteiger partial charge in [0, 0.05) is 29.1 Å². The number of hydrogen-bond donors (Lipinski definition) is 2. The molecule has 5 heteroatoms. The summed E-state index contributed by atoms with van der Waals surface area (Å²) in [5, 5.41) is 6.37. The minimum Gasteiger partial charge on any atom is -0.350 e. The first-order chi connectivity index (χ1) is 16.1. The van der Waals surface area contributed by atoms with Crippen LogP contribution in [0.2, 0.25) is 0 Å². The number of nitrogens with zero attached hydrogens (tertiary/aromatic N) is 2. The fourth-order valence-electron chi connectivity index (χ4n) is 3.53. The Bertz CT molecular complexity index is 1190. The number of anilines is 2. The normalized spacial score (nSPS) is 11.6. The molecule has 4 rings (SSSR count). The van der Waals surface area contributed by atoms with Gasteiger partial charge in [0.05, 0.1) is 0 Å². The molecular formula is C28H28N4O. The zero-order valence-electron chi connectivity index (χ0n) is 19.0. The molecule has 166 valence electrons. The van der Waals surface area contributed by atoms with E-state index in [-0.39, 0.29) is 11.9 Å². The third-order valence-corrected chi connectivity index (χ3v) is 5.47. The van der Waals surface area contributed by atoms with Crippen LogP contribution >= 0.6 is 0 Å². The molecule has 33 heavy (non-hydrogen) atoms. The maximum atomic E-state index is 12.6. The van der Waals surface area contributed by atoms with Gasteiger partial charge in [0.25, 0.3) is 5.91 Å². The molecule has 1 amide bonds. The predicted molar refractivity (Wildman–Crippen MR) is 134 cm³/mol. The van der Waals surface area contributed by atoms with E-state index < -0.39 is 0 Å². The topological polar surface area (TPSA) is 66.9 Å². The van der Waals surface area contributed by atoms with E-state index in [1.165, 1.54) is 11.1 Å². The Morgan fingerprint density at radius 2 is 1.64 bits per heavy atom. The zero-order chi connectivity index (χ0) is 23.0. The Kier molecular flexibility index (Phi) is 7.10. The minimum absolute atomic E-state index is 0.0641. The quantitative estimate of drug-likeness (QED) is 0.358. The van der Waals surface area contributed by atoms with Gasteiger partial charge < -0.3 is 10.6 Å². The molecule has 4 aromatic rings. The molecule has 1 aromatic heterocycles. The van der Waals surface area contributed by atoms with E-state index in [0.717, 1.165) is 24.1 Å². The van der Waals surface area contributed by atoms with Crippen LogP contribution in [0.5, 0.6) is 0 Å². The summed E-state index contributed by atoms with van der Waals surface area (Å²) in [6.07, 6.45) is 3.57. The molecule has 1 heterocycles. The fraction of sp³-hybridized carbons (Fsp3) is 0.179. The first kappa shape index (κ1) is 22.2. The van der Waals surface area contributed by atoms with Gasteiger partial charge in [-0.2, -0.15) is 0 Å². The Morgan fingerprint density at radius 1 is 0.909 bits per heavy atom. The lowest BCUT2D eigenvalue weighted by molar-refractivity contribution is 0.0938. The molecule has 0 radical (unpaired) electrons. The van der Waals surface area contributed by atoms with Crippen molar-refractivity contribution < 1.29 is 4.79 Å². The van der Waals surface area contributed by atoms with Gasteiger partial charge in [-0.3, -0.25) is 4.79 Å². The summed E-state index contributed by atoms with van der Waals surface area (Å²) in [6, 6.07) is 27.8. The Balaban J connectivity index is 1.34. The number of carbonyl (C=O) groups excluding carboxylic acids is 1. The van der Waals surface area contributed by atoms with E-state index in [1.54, 1.807) is 6.20 Å². The number of nitrogens with one attached hydrogen (secondary N) is 2. The number of aromatic nitrogens is 2. The van der Waals surface area contributed by atoms with Crippen LogP contribution in [0.1, 0.15) is 34.8 Å². The van der Waals surface area contributed by atoms with Crippen molar-refractivity contribution in [2.75, 3.05) is 5.32 Å². The van der Waals surface area contributed by atoms with Crippen LogP contribution in [0.25, 0.3) is 11.4 Å². The van der Waals surface area contributed by atoms with Gasteiger partial charge in [0.2, 0.25) is 0 Å². The largest absolute Gasteiger partial charge is 0.350 e. The monoisotopic (exact) mass is 436 g/mol. The van der Waals surface area contributed by atoms with Gasteiger partial charge in [-0.05, 0) is 62.6 Å². The van der Waals surface area contributed by atoms with E-state index in [2.05, 4.69) is 39.7 Å². The molecule has 0 saturated carbocycles. The molecule has 0 aliphatic carbocycles. The summed E-state index contributed by atoms with van der Waals surface area (Å²) in [5.41, 5.74) is 4.94. The highest BCUT2D eigenvalue weighted by Gasteiger charge is 2.10. The van der Waals surface area contributed by atoms with Crippen molar-refractivity contribution in [2.45, 2.75) is 32.7 Å². The number of carbonyl (C=O) groups is 1. The summed E-state index contributed by atoms with van der Waals surface area (Å²) in [6.45, 7) is 4.09. The van der Waals surface area contributed by atoms with Crippen molar-refractivity contribution in [3.63, 3.8) is 0 Å². The number of aryl methyl sites for hydroxylation is 2. The Morgan fingerprint density at radius 3 is 2.36 bits per heavy atom. The van der Waals surface area contributed by atoms with Gasteiger partial charge in [0.15, 0.2) is 5.82 Å². The molecule has 0 bridgehead atoms. The van der Waals surface area contributed by atoms with E-state index in [1.807, 2.05) is 79.7 Å². The maximum absolute atomic E-state index is 12.6. The lowest BCUT2D eigenvalue weighted by Gasteiger charge is -2.14. The van der Waals surface area contributed by atoms with Crippen molar-refractivity contribution in [2.24, 2.45) is 0 Å². The minimum atomic E-state index is -0.0641. The lowest BCUT2D eigenvalue weighted by atomic mass is 10.1. The lowest BCUT2D eigenvalue weighted by Crippen LogP contribution is -2.32. The van der Waals surface area contributed by atoms with Crippen molar-refractivity contribution in [1.82, 2.24) is 15.3 Å². The van der Waals surface area contributed by atoms with Gasteiger partial charge in [-0.15, -0.1) is 0 Å². The highest BCUT2D eigenvalue weighted by Crippen LogP contribution is 2.20. The van der Waals surface area contributed by atoms with Gasteiger partial charge in [-0.1, -0.05) is 60.2 Å². The molecule has 0 fully saturated rings. The molecule has 0 saturated heterocycles. The maximum Gasteiger partial charge on any atom is 0.251 e. The van der Waals surface area contributed by atoms with Crippen LogP contribution in [0.15, 0.2) is 91.1 Å². The van der Waals surface area contributed by atoms with Gasteiger partial charge in [-0.25, -0.2) is 9.97 Å². The van der Waals surface area contributed by atoms with Crippen molar-refractivity contribution >= 4 is 17.4 Å². The molecule has 0 unspecified atom stereocenters. The molecular weight excluding hydrogens is 408 g/mol. The first-order valence-corrected chi connectivity index (χ1v) is 11.2. The summed E-state index contributed by atoms with van der Waals surface area (Å²) >= 11 is 0. The average Bonchev–Trinajstić information content (AvgIpc) is 2.84.